The maximum absolute atomic E-state index is 13.1. The molecule has 0 aromatic heterocycles. The number of fused-ring (bicyclic) bond motifs is 1. The summed E-state index contributed by atoms with van der Waals surface area (Å²) in [5.74, 6) is -0.249. The van der Waals surface area contributed by atoms with Gasteiger partial charge in [0.2, 0.25) is 10.0 Å². The molecular formula is C27H30N4O3S. The molecule has 0 fully saturated rings. The van der Waals surface area contributed by atoms with E-state index in [0.717, 1.165) is 37.1 Å². The highest BCUT2D eigenvalue weighted by molar-refractivity contribution is 7.92. The molecule has 0 saturated carbocycles. The van der Waals surface area contributed by atoms with Crippen LogP contribution in [-0.2, 0) is 21.4 Å². The van der Waals surface area contributed by atoms with E-state index >= 15 is 0 Å². The van der Waals surface area contributed by atoms with Gasteiger partial charge in [0.25, 0.3) is 5.91 Å². The number of nitrogens with one attached hydrogen (secondary N) is 3. The first kappa shape index (κ1) is 24.5. The van der Waals surface area contributed by atoms with Crippen molar-refractivity contribution < 1.29 is 13.2 Å². The molecule has 1 aliphatic rings. The van der Waals surface area contributed by atoms with Gasteiger partial charge in [0.1, 0.15) is 0 Å². The largest absolute Gasteiger partial charge is 0.354 e. The Bertz CT molecular complexity index is 1350. The molecule has 0 saturated heterocycles. The second-order valence-electron chi connectivity index (χ2n) is 8.49. The maximum atomic E-state index is 13.1. The van der Waals surface area contributed by atoms with Gasteiger partial charge >= 0.3 is 0 Å². The fourth-order valence-corrected chi connectivity index (χ4v) is 4.68. The summed E-state index contributed by atoms with van der Waals surface area (Å²) in [6.45, 7) is 7.17. The summed E-state index contributed by atoms with van der Waals surface area (Å²) >= 11 is 0. The predicted molar refractivity (Wildman–Crippen MR) is 143 cm³/mol. The number of amides is 1. The van der Waals surface area contributed by atoms with Gasteiger partial charge in [-0.15, -0.1) is 0 Å². The molecule has 0 radical (unpaired) electrons. The zero-order valence-corrected chi connectivity index (χ0v) is 20.9. The number of nitrogens with zero attached hydrogens (tertiary/aromatic N) is 1. The van der Waals surface area contributed by atoms with Crippen LogP contribution in [0.5, 0.6) is 0 Å². The van der Waals surface area contributed by atoms with E-state index in [0.29, 0.717) is 28.2 Å². The topological polar surface area (TPSA) is 90.5 Å². The second kappa shape index (κ2) is 10.3. The average molecular weight is 491 g/mol. The maximum Gasteiger partial charge on any atom is 0.258 e. The monoisotopic (exact) mass is 490 g/mol. The number of benzene rings is 3. The number of sulfonamides is 1. The minimum Gasteiger partial charge on any atom is -0.354 e. The van der Waals surface area contributed by atoms with Crippen LogP contribution in [0, 0.1) is 0 Å². The van der Waals surface area contributed by atoms with Gasteiger partial charge in [0, 0.05) is 29.2 Å². The first-order valence-electron chi connectivity index (χ1n) is 11.6. The summed E-state index contributed by atoms with van der Waals surface area (Å²) in [7, 11) is -3.45. The van der Waals surface area contributed by atoms with E-state index in [1.165, 1.54) is 5.56 Å². The molecule has 0 atom stereocenters. The van der Waals surface area contributed by atoms with Crippen LogP contribution in [0.1, 0.15) is 30.5 Å². The lowest BCUT2D eigenvalue weighted by Crippen LogP contribution is -2.22. The van der Waals surface area contributed by atoms with Crippen molar-refractivity contribution >= 4 is 44.3 Å². The number of anilines is 3. The Hall–Kier alpha value is -3.62. The zero-order chi connectivity index (χ0) is 25.0. The molecule has 3 aromatic carbocycles. The lowest BCUT2D eigenvalue weighted by Gasteiger charge is -2.19. The molecule has 3 N–H and O–H groups in total. The molecule has 35 heavy (non-hydrogen) atoms. The van der Waals surface area contributed by atoms with Crippen LogP contribution in [0.3, 0.4) is 0 Å². The molecule has 7 nitrogen and oxygen atoms in total. The second-order valence-corrected chi connectivity index (χ2v) is 10.2. The van der Waals surface area contributed by atoms with Crippen LogP contribution in [0.4, 0.5) is 17.1 Å². The molecule has 1 aliphatic heterocycles. The molecule has 1 heterocycles. The summed E-state index contributed by atoms with van der Waals surface area (Å²) in [6.07, 6.45) is 1.10. The third-order valence-corrected chi connectivity index (χ3v) is 6.51. The number of carbonyl (C=O) groups is 1. The third kappa shape index (κ3) is 5.90. The Labute approximate surface area is 206 Å². The van der Waals surface area contributed by atoms with Crippen LogP contribution in [0.2, 0.25) is 0 Å². The van der Waals surface area contributed by atoms with Gasteiger partial charge in [0.15, 0.2) is 0 Å². The van der Waals surface area contributed by atoms with E-state index in [9.17, 15) is 13.2 Å². The molecule has 3 aromatic rings. The summed E-state index contributed by atoms with van der Waals surface area (Å²) in [6, 6.07) is 22.9. The Kier molecular flexibility index (Phi) is 7.23. The lowest BCUT2D eigenvalue weighted by atomic mass is 9.99. The van der Waals surface area contributed by atoms with Crippen LogP contribution in [0.15, 0.2) is 72.8 Å². The van der Waals surface area contributed by atoms with Crippen LogP contribution in [0.25, 0.3) is 11.3 Å². The molecule has 0 bridgehead atoms. The van der Waals surface area contributed by atoms with Crippen LogP contribution in [-0.4, -0.2) is 38.6 Å². The van der Waals surface area contributed by atoms with Gasteiger partial charge in [-0.2, -0.15) is 0 Å². The molecule has 0 unspecified atom stereocenters. The molecular weight excluding hydrogens is 460 g/mol. The number of hydrogen-bond donors (Lipinski definition) is 3. The van der Waals surface area contributed by atoms with E-state index in [4.69, 9.17) is 0 Å². The summed E-state index contributed by atoms with van der Waals surface area (Å²) in [5.41, 5.74) is 5.68. The minimum absolute atomic E-state index is 0.249. The number of rotatable bonds is 9. The van der Waals surface area contributed by atoms with Crippen molar-refractivity contribution in [3.63, 3.8) is 0 Å². The number of carbonyl (C=O) groups excluding carboxylic acids is 1. The van der Waals surface area contributed by atoms with Crippen LogP contribution < -0.4 is 15.4 Å². The smallest absolute Gasteiger partial charge is 0.258 e. The highest BCUT2D eigenvalue weighted by Gasteiger charge is 2.29. The first-order valence-corrected chi connectivity index (χ1v) is 13.5. The Morgan fingerprint density at radius 2 is 1.57 bits per heavy atom. The van der Waals surface area contributed by atoms with Crippen molar-refractivity contribution in [2.45, 2.75) is 20.4 Å². The van der Waals surface area contributed by atoms with Gasteiger partial charge in [-0.25, -0.2) is 8.42 Å². The average Bonchev–Trinajstić information content (AvgIpc) is 3.16. The highest BCUT2D eigenvalue weighted by atomic mass is 32.2. The van der Waals surface area contributed by atoms with Crippen molar-refractivity contribution in [1.82, 2.24) is 4.90 Å². The third-order valence-electron chi connectivity index (χ3n) is 5.90. The van der Waals surface area contributed by atoms with Gasteiger partial charge in [-0.05, 0) is 54.5 Å². The quantitative estimate of drug-likeness (QED) is 0.374. The summed E-state index contributed by atoms with van der Waals surface area (Å²) in [4.78, 5) is 15.5. The normalized spacial score (nSPS) is 14.5. The van der Waals surface area contributed by atoms with Gasteiger partial charge in [-0.1, -0.05) is 56.3 Å². The molecule has 0 spiro atoms. The van der Waals surface area contributed by atoms with Gasteiger partial charge in [0.05, 0.1) is 17.5 Å². The molecule has 182 valence electrons. The Balaban J connectivity index is 1.75. The summed E-state index contributed by atoms with van der Waals surface area (Å²) < 4.78 is 26.0. The van der Waals surface area contributed by atoms with Gasteiger partial charge < -0.3 is 10.6 Å². The van der Waals surface area contributed by atoms with Crippen molar-refractivity contribution in [2.75, 3.05) is 34.7 Å². The Morgan fingerprint density at radius 1 is 0.914 bits per heavy atom. The van der Waals surface area contributed by atoms with E-state index in [1.54, 1.807) is 18.2 Å². The van der Waals surface area contributed by atoms with Crippen molar-refractivity contribution in [2.24, 2.45) is 0 Å². The number of hydrogen-bond acceptors (Lipinski definition) is 5. The van der Waals surface area contributed by atoms with E-state index in [-0.39, 0.29) is 5.91 Å². The zero-order valence-electron chi connectivity index (χ0n) is 20.1. The molecule has 1 amide bonds. The predicted octanol–water partition coefficient (Wildman–Crippen LogP) is 4.83. The fourth-order valence-electron chi connectivity index (χ4n) is 4.12. The first-order chi connectivity index (χ1) is 16.8. The fraction of sp³-hybridized carbons (Fsp3) is 0.222. The minimum atomic E-state index is -3.45. The van der Waals surface area contributed by atoms with Crippen molar-refractivity contribution in [3.05, 3.63) is 89.5 Å². The Morgan fingerprint density at radius 3 is 2.20 bits per heavy atom. The van der Waals surface area contributed by atoms with E-state index in [1.807, 2.05) is 42.5 Å². The summed E-state index contributed by atoms with van der Waals surface area (Å²) in [5, 5.41) is 6.35. The molecule has 4 rings (SSSR count). The molecule has 0 aliphatic carbocycles. The van der Waals surface area contributed by atoms with E-state index in [2.05, 4.69) is 46.2 Å². The van der Waals surface area contributed by atoms with Crippen molar-refractivity contribution in [1.29, 1.82) is 0 Å². The highest BCUT2D eigenvalue weighted by Crippen LogP contribution is 2.39. The SMILES string of the molecule is CCN(CC)Cc1ccc(NC(=C2C(=O)Nc3ccc(NS(C)(=O)=O)cc32)c2ccccc2)cc1. The van der Waals surface area contributed by atoms with E-state index < -0.39 is 10.0 Å². The lowest BCUT2D eigenvalue weighted by molar-refractivity contribution is -0.110. The van der Waals surface area contributed by atoms with Crippen LogP contribution >= 0.6 is 0 Å². The van der Waals surface area contributed by atoms with Crippen molar-refractivity contribution in [3.8, 4) is 0 Å². The molecule has 8 heteroatoms. The standard InChI is InChI=1S/C27H30N4O3S/c1-4-31(5-2)18-19-11-13-21(14-12-19)28-26(20-9-7-6-8-10-20)25-23-17-22(30-35(3,33)34)15-16-24(23)29-27(25)32/h6-17,28,30H,4-5,18H2,1-3H3,(H,29,32). The van der Waals surface area contributed by atoms with Gasteiger partial charge in [-0.3, -0.25) is 14.4 Å².